The number of nitrogens with zero attached hydrogens (tertiary/aromatic N) is 1. The van der Waals surface area contributed by atoms with Crippen LogP contribution in [0, 0.1) is 13.8 Å². The molecule has 206 valence electrons. The van der Waals surface area contributed by atoms with Crippen LogP contribution in [0.1, 0.15) is 74.1 Å². The Labute approximate surface area is 232 Å². The van der Waals surface area contributed by atoms with Crippen LogP contribution < -0.4 is 10.6 Å². The number of hydrogen-bond donors (Lipinski definition) is 3. The molecule has 40 heavy (non-hydrogen) atoms. The normalized spacial score (nSPS) is 16.3. The van der Waals surface area contributed by atoms with Gasteiger partial charge >= 0.3 is 5.97 Å². The van der Waals surface area contributed by atoms with Crippen LogP contribution in [0.15, 0.2) is 48.5 Å². The third kappa shape index (κ3) is 5.14. The number of ether oxygens (including phenoxy) is 1. The van der Waals surface area contributed by atoms with Crippen LogP contribution in [-0.4, -0.2) is 53.8 Å². The second-order valence-electron chi connectivity index (χ2n) is 10.1. The average molecular weight is 541 g/mol. The molecule has 0 spiro atoms. The fourth-order valence-corrected chi connectivity index (χ4v) is 5.37. The quantitative estimate of drug-likeness (QED) is 0.316. The van der Waals surface area contributed by atoms with E-state index in [2.05, 4.69) is 15.6 Å². The predicted octanol–water partition coefficient (Wildman–Crippen LogP) is 4.39. The second-order valence-corrected chi connectivity index (χ2v) is 10.1. The summed E-state index contributed by atoms with van der Waals surface area (Å²) in [5, 5.41) is 5.59. The summed E-state index contributed by atoms with van der Waals surface area (Å²) in [5.41, 5.74) is 5.21. The molecule has 9 nitrogen and oxygen atoms in total. The molecule has 3 aromatic rings. The monoisotopic (exact) mass is 540 g/mol. The average Bonchev–Trinajstić information content (AvgIpc) is 3.44. The minimum Gasteiger partial charge on any atom is -0.467 e. The second kappa shape index (κ2) is 11.2. The number of likely N-dealkylation sites (tertiary alicyclic amines) is 1. The smallest absolute Gasteiger partial charge is 0.333 e. The molecule has 5 rings (SSSR count). The first kappa shape index (κ1) is 26.9. The molecule has 3 heterocycles. The Hall–Kier alpha value is -4.66. The number of anilines is 1. The lowest BCUT2D eigenvalue weighted by molar-refractivity contribution is -0.143. The van der Waals surface area contributed by atoms with Gasteiger partial charge in [0.05, 0.1) is 18.2 Å². The lowest BCUT2D eigenvalue weighted by Gasteiger charge is -2.27. The van der Waals surface area contributed by atoms with Crippen molar-refractivity contribution in [1.29, 1.82) is 0 Å². The van der Waals surface area contributed by atoms with Crippen molar-refractivity contribution in [2.75, 3.05) is 25.5 Å². The van der Waals surface area contributed by atoms with E-state index in [9.17, 15) is 19.2 Å². The molecule has 1 atom stereocenters. The lowest BCUT2D eigenvalue weighted by Crippen LogP contribution is -2.36. The van der Waals surface area contributed by atoms with Crippen LogP contribution in [0.25, 0.3) is 11.6 Å². The zero-order valence-electron chi connectivity index (χ0n) is 22.8. The summed E-state index contributed by atoms with van der Waals surface area (Å²) in [6.45, 7) is 5.24. The Kier molecular flexibility index (Phi) is 7.55. The van der Waals surface area contributed by atoms with Crippen molar-refractivity contribution < 1.29 is 23.9 Å². The molecule has 0 bridgehead atoms. The number of carbonyl (C=O) groups excluding carboxylic acids is 4. The van der Waals surface area contributed by atoms with Gasteiger partial charge in [0.25, 0.3) is 17.7 Å². The zero-order valence-corrected chi connectivity index (χ0v) is 22.8. The topological polar surface area (TPSA) is 121 Å². The molecule has 9 heteroatoms. The number of nitrogens with one attached hydrogen (secondary N) is 3. The number of piperidine rings is 1. The number of rotatable bonds is 6. The Morgan fingerprint density at radius 3 is 2.45 bits per heavy atom. The van der Waals surface area contributed by atoms with Crippen LogP contribution >= 0.6 is 0 Å². The fourth-order valence-electron chi connectivity index (χ4n) is 5.37. The highest BCUT2D eigenvalue weighted by Gasteiger charge is 2.29. The number of fused-ring (bicyclic) bond motifs is 1. The third-order valence-corrected chi connectivity index (χ3v) is 7.53. The summed E-state index contributed by atoms with van der Waals surface area (Å²) < 4.78 is 4.91. The Balaban J connectivity index is 1.44. The Morgan fingerprint density at radius 2 is 1.75 bits per heavy atom. The van der Waals surface area contributed by atoms with E-state index in [0.717, 1.165) is 43.6 Å². The summed E-state index contributed by atoms with van der Waals surface area (Å²) in [5.74, 6) is -1.38. The molecule has 1 aromatic heterocycles. The molecule has 2 aromatic carbocycles. The van der Waals surface area contributed by atoms with Crippen LogP contribution in [0.2, 0.25) is 0 Å². The van der Waals surface area contributed by atoms with Gasteiger partial charge < -0.3 is 25.3 Å². The van der Waals surface area contributed by atoms with E-state index < -0.39 is 17.9 Å². The van der Waals surface area contributed by atoms with Gasteiger partial charge in [0.15, 0.2) is 6.04 Å². The molecular weight excluding hydrogens is 508 g/mol. The summed E-state index contributed by atoms with van der Waals surface area (Å²) in [7, 11) is 1.27. The molecule has 0 aliphatic carbocycles. The van der Waals surface area contributed by atoms with Crippen LogP contribution in [0.5, 0.6) is 0 Å². The first-order valence-electron chi connectivity index (χ1n) is 13.4. The van der Waals surface area contributed by atoms with Gasteiger partial charge in [-0.15, -0.1) is 0 Å². The van der Waals surface area contributed by atoms with E-state index >= 15 is 0 Å². The number of benzene rings is 2. The summed E-state index contributed by atoms with van der Waals surface area (Å²) in [4.78, 5) is 57.1. The molecule has 3 amide bonds. The minimum atomic E-state index is -0.984. The largest absolute Gasteiger partial charge is 0.467 e. The van der Waals surface area contributed by atoms with Gasteiger partial charge in [-0.3, -0.25) is 14.4 Å². The van der Waals surface area contributed by atoms with Crippen LogP contribution in [0.3, 0.4) is 0 Å². The molecule has 2 aliphatic heterocycles. The number of carbonyl (C=O) groups is 4. The number of aromatic nitrogens is 1. The van der Waals surface area contributed by atoms with Crippen molar-refractivity contribution in [2.24, 2.45) is 0 Å². The van der Waals surface area contributed by atoms with E-state index in [1.165, 1.54) is 7.11 Å². The fraction of sp³-hybridized carbons (Fsp3) is 0.290. The van der Waals surface area contributed by atoms with Crippen molar-refractivity contribution in [3.63, 3.8) is 0 Å². The summed E-state index contributed by atoms with van der Waals surface area (Å²) in [6.07, 6.45) is 4.86. The maximum absolute atomic E-state index is 13.3. The molecule has 1 fully saturated rings. The highest BCUT2D eigenvalue weighted by Crippen LogP contribution is 2.35. The zero-order chi connectivity index (χ0) is 28.4. The van der Waals surface area contributed by atoms with Crippen molar-refractivity contribution in [2.45, 2.75) is 39.2 Å². The van der Waals surface area contributed by atoms with Gasteiger partial charge in [0.2, 0.25) is 0 Å². The van der Waals surface area contributed by atoms with Crippen LogP contribution in [0.4, 0.5) is 5.69 Å². The lowest BCUT2D eigenvalue weighted by atomic mass is 10.0. The van der Waals surface area contributed by atoms with Crippen molar-refractivity contribution in [3.05, 3.63) is 87.7 Å². The van der Waals surface area contributed by atoms with E-state index in [1.807, 2.05) is 24.8 Å². The van der Waals surface area contributed by atoms with Gasteiger partial charge in [-0.25, -0.2) is 4.79 Å². The molecule has 0 radical (unpaired) electrons. The first-order valence-corrected chi connectivity index (χ1v) is 13.4. The van der Waals surface area contributed by atoms with E-state index in [1.54, 1.807) is 48.5 Å². The maximum atomic E-state index is 13.3. The van der Waals surface area contributed by atoms with Gasteiger partial charge in [-0.05, 0) is 68.5 Å². The Bertz CT molecular complexity index is 1520. The summed E-state index contributed by atoms with van der Waals surface area (Å²) in [6, 6.07) is 12.7. The number of H-pyrrole nitrogens is 1. The van der Waals surface area contributed by atoms with Gasteiger partial charge in [0.1, 0.15) is 0 Å². The SMILES string of the molecule is COC(=O)C(NC(=O)c1ccc2c(c1)C(=Cc1[nH]c(C)c(C(=O)N3CCCCC3)c1C)C(=O)N2)c1ccccc1. The molecule has 1 unspecified atom stereocenters. The number of aromatic amines is 1. The van der Waals surface area contributed by atoms with Gasteiger partial charge in [-0.2, -0.15) is 0 Å². The first-order chi connectivity index (χ1) is 19.3. The van der Waals surface area contributed by atoms with E-state index in [4.69, 9.17) is 4.74 Å². The van der Waals surface area contributed by atoms with E-state index in [-0.39, 0.29) is 17.4 Å². The predicted molar refractivity (Wildman–Crippen MR) is 152 cm³/mol. The van der Waals surface area contributed by atoms with Crippen molar-refractivity contribution in [3.8, 4) is 0 Å². The maximum Gasteiger partial charge on any atom is 0.333 e. The molecule has 3 N–H and O–H groups in total. The molecular formula is C31H32N4O5. The highest BCUT2D eigenvalue weighted by atomic mass is 16.5. The number of methoxy groups -OCH3 is 1. The van der Waals surface area contributed by atoms with Crippen LogP contribution in [-0.2, 0) is 14.3 Å². The van der Waals surface area contributed by atoms with Crippen molar-refractivity contribution >= 4 is 41.0 Å². The highest BCUT2D eigenvalue weighted by molar-refractivity contribution is 6.35. The van der Waals surface area contributed by atoms with Gasteiger partial charge in [-0.1, -0.05) is 30.3 Å². The van der Waals surface area contributed by atoms with Gasteiger partial charge in [0, 0.05) is 41.3 Å². The number of amides is 3. The molecule has 1 saturated heterocycles. The Morgan fingerprint density at radius 1 is 1.02 bits per heavy atom. The third-order valence-electron chi connectivity index (χ3n) is 7.53. The molecule has 2 aliphatic rings. The standard InChI is InChI=1S/C31H32N4O5/c1-18-25(32-19(2)26(18)30(38)35-14-8-5-9-15-35)17-23-22-16-21(12-13-24(22)33-29(23)37)28(36)34-27(31(39)40-3)20-10-6-4-7-11-20/h4,6-7,10-13,16-17,27,32H,5,8-9,14-15H2,1-3H3,(H,33,37)(H,34,36). The minimum absolute atomic E-state index is 0.00408. The van der Waals surface area contributed by atoms with E-state index in [0.29, 0.717) is 33.6 Å². The summed E-state index contributed by atoms with van der Waals surface area (Å²) >= 11 is 0. The number of esters is 1. The number of hydrogen-bond acceptors (Lipinski definition) is 5. The molecule has 0 saturated carbocycles. The number of aryl methyl sites for hydroxylation is 1. The van der Waals surface area contributed by atoms with Crippen molar-refractivity contribution in [1.82, 2.24) is 15.2 Å².